The van der Waals surface area contributed by atoms with Crippen LogP contribution in [0.5, 0.6) is 0 Å². The smallest absolute Gasteiger partial charge is 0.00498 e. The molecule has 0 spiro atoms. The molecule has 1 atom stereocenters. The third-order valence-electron chi connectivity index (χ3n) is 3.52. The molecule has 1 saturated carbocycles. The molecule has 0 radical (unpaired) electrons. The van der Waals surface area contributed by atoms with Crippen molar-refractivity contribution in [2.45, 2.75) is 88.6 Å². The molecule has 1 aliphatic rings. The van der Waals surface area contributed by atoms with E-state index in [0.717, 1.165) is 10.5 Å². The molecule has 0 saturated heterocycles. The van der Waals surface area contributed by atoms with Gasteiger partial charge in [0, 0.05) is 10.5 Å². The Kier molecular flexibility index (Phi) is 7.60. The molecule has 0 aromatic rings. The first kappa shape index (κ1) is 13.4. The predicted octanol–water partition coefficient (Wildman–Crippen LogP) is 5.41. The summed E-state index contributed by atoms with van der Waals surface area (Å²) in [5, 5.41) is 1.96. The second-order valence-corrected chi connectivity index (χ2v) is 6.53. The van der Waals surface area contributed by atoms with E-state index in [2.05, 4.69) is 25.6 Å². The third-order valence-corrected chi connectivity index (χ3v) is 5.33. The second kappa shape index (κ2) is 8.50. The lowest BCUT2D eigenvalue weighted by molar-refractivity contribution is 0.512. The van der Waals surface area contributed by atoms with Gasteiger partial charge in [-0.3, -0.25) is 0 Å². The van der Waals surface area contributed by atoms with Crippen molar-refractivity contribution in [2.24, 2.45) is 0 Å². The van der Waals surface area contributed by atoms with E-state index in [0.29, 0.717) is 0 Å². The van der Waals surface area contributed by atoms with Gasteiger partial charge in [0.25, 0.3) is 0 Å². The van der Waals surface area contributed by atoms with E-state index >= 15 is 0 Å². The van der Waals surface area contributed by atoms with Crippen molar-refractivity contribution in [1.29, 1.82) is 0 Å². The van der Waals surface area contributed by atoms with Crippen molar-refractivity contribution in [3.05, 3.63) is 0 Å². The van der Waals surface area contributed by atoms with Gasteiger partial charge < -0.3 is 0 Å². The molecule has 0 N–H and O–H groups in total. The molecule has 15 heavy (non-hydrogen) atoms. The van der Waals surface area contributed by atoms with Crippen LogP contribution in [-0.2, 0) is 0 Å². The van der Waals surface area contributed by atoms with Gasteiger partial charge in [0.15, 0.2) is 0 Å². The summed E-state index contributed by atoms with van der Waals surface area (Å²) in [6, 6.07) is 0. The largest absolute Gasteiger partial charge is 0.155 e. The van der Waals surface area contributed by atoms with Gasteiger partial charge in [-0.2, -0.15) is 11.8 Å². The van der Waals surface area contributed by atoms with Crippen molar-refractivity contribution in [2.75, 3.05) is 0 Å². The van der Waals surface area contributed by atoms with Crippen LogP contribution in [0.15, 0.2) is 0 Å². The Morgan fingerprint density at radius 3 is 2.40 bits per heavy atom. The minimum absolute atomic E-state index is 0.958. The molecule has 1 fully saturated rings. The molecule has 0 amide bonds. The van der Waals surface area contributed by atoms with Gasteiger partial charge in [-0.1, -0.05) is 52.4 Å². The fourth-order valence-electron chi connectivity index (χ4n) is 2.46. The summed E-state index contributed by atoms with van der Waals surface area (Å²) in [6.45, 7) is 4.67. The molecule has 0 nitrogen and oxygen atoms in total. The van der Waals surface area contributed by atoms with Gasteiger partial charge in [-0.25, -0.2) is 0 Å². The molecular weight excluding hydrogens is 200 g/mol. The topological polar surface area (TPSA) is 0 Å². The summed E-state index contributed by atoms with van der Waals surface area (Å²) >= 11 is 2.32. The maximum atomic E-state index is 2.37. The highest BCUT2D eigenvalue weighted by Crippen LogP contribution is 2.34. The van der Waals surface area contributed by atoms with Gasteiger partial charge in [0.1, 0.15) is 0 Å². The van der Waals surface area contributed by atoms with Crippen molar-refractivity contribution < 1.29 is 0 Å². The van der Waals surface area contributed by atoms with Crippen molar-refractivity contribution >= 4 is 11.8 Å². The van der Waals surface area contributed by atoms with Gasteiger partial charge >= 0.3 is 0 Å². The lowest BCUT2D eigenvalue weighted by Gasteiger charge is -2.25. The second-order valence-electron chi connectivity index (χ2n) is 4.92. The van der Waals surface area contributed by atoms with Crippen LogP contribution < -0.4 is 0 Å². The highest BCUT2D eigenvalue weighted by atomic mass is 32.2. The van der Waals surface area contributed by atoms with Gasteiger partial charge in [0.05, 0.1) is 0 Å². The molecule has 1 rings (SSSR count). The van der Waals surface area contributed by atoms with Crippen molar-refractivity contribution in [1.82, 2.24) is 0 Å². The number of thioether (sulfide) groups is 1. The summed E-state index contributed by atoms with van der Waals surface area (Å²) in [7, 11) is 0. The summed E-state index contributed by atoms with van der Waals surface area (Å²) in [5.74, 6) is 0. The summed E-state index contributed by atoms with van der Waals surface area (Å²) in [5.41, 5.74) is 0. The first-order chi connectivity index (χ1) is 7.36. The van der Waals surface area contributed by atoms with E-state index in [1.165, 1.54) is 64.2 Å². The van der Waals surface area contributed by atoms with Crippen LogP contribution in [0.4, 0.5) is 0 Å². The molecule has 1 unspecified atom stereocenters. The molecule has 0 heterocycles. The number of unbranched alkanes of at least 4 members (excludes halogenated alkanes) is 2. The minimum Gasteiger partial charge on any atom is -0.155 e. The lowest BCUT2D eigenvalue weighted by atomic mass is 10.0. The van der Waals surface area contributed by atoms with E-state index in [-0.39, 0.29) is 0 Å². The zero-order valence-electron chi connectivity index (χ0n) is 10.6. The summed E-state index contributed by atoms with van der Waals surface area (Å²) < 4.78 is 0. The quantitative estimate of drug-likeness (QED) is 0.525. The Hall–Kier alpha value is 0.350. The third kappa shape index (κ3) is 5.85. The fraction of sp³-hybridized carbons (Fsp3) is 1.00. The van der Waals surface area contributed by atoms with Crippen molar-refractivity contribution in [3.8, 4) is 0 Å². The highest BCUT2D eigenvalue weighted by Gasteiger charge is 2.17. The molecule has 1 heteroatoms. The average Bonchev–Trinajstić information content (AvgIpc) is 2.29. The Labute approximate surface area is 101 Å². The van der Waals surface area contributed by atoms with Crippen LogP contribution >= 0.6 is 11.8 Å². The Morgan fingerprint density at radius 1 is 1.07 bits per heavy atom. The predicted molar refractivity (Wildman–Crippen MR) is 72.7 cm³/mol. The zero-order chi connectivity index (χ0) is 10.9. The Bertz CT molecular complexity index is 138. The monoisotopic (exact) mass is 228 g/mol. The normalized spacial score (nSPS) is 20.4. The van der Waals surface area contributed by atoms with Gasteiger partial charge in [-0.05, 0) is 25.7 Å². The standard InChI is InChI=1S/C14H28S/c1-3-5-7-10-13(4-2)15-14-11-8-6-9-12-14/h13-14H,3-12H2,1-2H3. The van der Waals surface area contributed by atoms with Crippen LogP contribution in [0, 0.1) is 0 Å². The fourth-order valence-corrected chi connectivity index (χ4v) is 4.11. The van der Waals surface area contributed by atoms with Crippen LogP contribution in [0.2, 0.25) is 0 Å². The Morgan fingerprint density at radius 2 is 1.80 bits per heavy atom. The SMILES string of the molecule is CCCCCC(CC)SC1CCCCC1. The molecule has 0 aliphatic heterocycles. The maximum absolute atomic E-state index is 2.37. The molecule has 90 valence electrons. The summed E-state index contributed by atoms with van der Waals surface area (Å²) in [4.78, 5) is 0. The van der Waals surface area contributed by atoms with Gasteiger partial charge in [0.2, 0.25) is 0 Å². The van der Waals surface area contributed by atoms with Crippen LogP contribution in [0.3, 0.4) is 0 Å². The molecule has 1 aliphatic carbocycles. The van der Waals surface area contributed by atoms with Crippen LogP contribution in [0.1, 0.15) is 78.1 Å². The van der Waals surface area contributed by atoms with Crippen molar-refractivity contribution in [3.63, 3.8) is 0 Å². The zero-order valence-corrected chi connectivity index (χ0v) is 11.5. The minimum atomic E-state index is 0.958. The number of hydrogen-bond donors (Lipinski definition) is 0. The first-order valence-electron chi connectivity index (χ1n) is 7.02. The average molecular weight is 228 g/mol. The van der Waals surface area contributed by atoms with E-state index in [1.807, 2.05) is 0 Å². The number of rotatable bonds is 7. The molecule has 0 aromatic carbocycles. The number of hydrogen-bond acceptors (Lipinski definition) is 1. The van der Waals surface area contributed by atoms with E-state index in [1.54, 1.807) is 0 Å². The van der Waals surface area contributed by atoms with Gasteiger partial charge in [-0.15, -0.1) is 0 Å². The molecular formula is C14H28S. The first-order valence-corrected chi connectivity index (χ1v) is 7.96. The lowest BCUT2D eigenvalue weighted by Crippen LogP contribution is -2.13. The maximum Gasteiger partial charge on any atom is 0.00498 e. The molecule has 0 aromatic heterocycles. The van der Waals surface area contributed by atoms with Crippen LogP contribution in [0.25, 0.3) is 0 Å². The Balaban J connectivity index is 2.13. The van der Waals surface area contributed by atoms with E-state index in [4.69, 9.17) is 0 Å². The van der Waals surface area contributed by atoms with E-state index < -0.39 is 0 Å². The van der Waals surface area contributed by atoms with Crippen LogP contribution in [-0.4, -0.2) is 10.5 Å². The summed E-state index contributed by atoms with van der Waals surface area (Å²) in [6.07, 6.45) is 14.6. The highest BCUT2D eigenvalue weighted by molar-refractivity contribution is 8.00. The molecule has 0 bridgehead atoms. The van der Waals surface area contributed by atoms with E-state index in [9.17, 15) is 0 Å².